The molecule has 4 heterocycles. The molecule has 1 aliphatic heterocycles. The highest BCUT2D eigenvalue weighted by molar-refractivity contribution is 5.56. The predicted octanol–water partition coefficient (Wildman–Crippen LogP) is 3.67. The van der Waals surface area contributed by atoms with Gasteiger partial charge in [0.05, 0.1) is 25.5 Å². The van der Waals surface area contributed by atoms with Gasteiger partial charge in [-0.1, -0.05) is 17.3 Å². The van der Waals surface area contributed by atoms with Crippen molar-refractivity contribution in [1.29, 1.82) is 0 Å². The SMILES string of the molecule is CCOc1ccc([C@H]2Cn3nc(-c4nc(-c5cccnc5)no4)cc3CO2)cc1. The minimum atomic E-state index is -0.0698. The number of rotatable bonds is 5. The number of pyridine rings is 1. The number of nitrogens with zero attached hydrogens (tertiary/aromatic N) is 5. The second-order valence-corrected chi connectivity index (χ2v) is 6.67. The van der Waals surface area contributed by atoms with Gasteiger partial charge < -0.3 is 14.0 Å². The fourth-order valence-electron chi connectivity index (χ4n) is 3.32. The Bertz CT molecular complexity index is 1110. The summed E-state index contributed by atoms with van der Waals surface area (Å²) >= 11 is 0. The van der Waals surface area contributed by atoms with Gasteiger partial charge in [-0.15, -0.1) is 0 Å². The summed E-state index contributed by atoms with van der Waals surface area (Å²) in [7, 11) is 0. The maximum Gasteiger partial charge on any atom is 0.278 e. The van der Waals surface area contributed by atoms with Crippen molar-refractivity contribution in [1.82, 2.24) is 24.9 Å². The Kier molecular flexibility index (Phi) is 4.53. The van der Waals surface area contributed by atoms with Crippen LogP contribution in [0.1, 0.15) is 24.3 Å². The first-order valence-electron chi connectivity index (χ1n) is 9.45. The van der Waals surface area contributed by atoms with E-state index in [1.807, 2.05) is 54.1 Å². The molecule has 8 nitrogen and oxygen atoms in total. The summed E-state index contributed by atoms with van der Waals surface area (Å²) in [6.07, 6.45) is 3.33. The quantitative estimate of drug-likeness (QED) is 0.515. The standard InChI is InChI=1S/C21H19N5O3/c1-2-27-17-7-5-14(6-8-17)19-12-26-16(13-28-19)10-18(24-26)21-23-20(25-29-21)15-4-3-9-22-11-15/h3-11,19H,2,12-13H2,1H3/t19-/m1/s1. The van der Waals surface area contributed by atoms with E-state index >= 15 is 0 Å². The highest BCUT2D eigenvalue weighted by Crippen LogP contribution is 2.30. The van der Waals surface area contributed by atoms with Crippen LogP contribution in [0.5, 0.6) is 5.75 Å². The van der Waals surface area contributed by atoms with Crippen molar-refractivity contribution >= 4 is 0 Å². The molecule has 8 heteroatoms. The van der Waals surface area contributed by atoms with Gasteiger partial charge in [-0.05, 0) is 42.8 Å². The normalized spacial score (nSPS) is 15.8. The van der Waals surface area contributed by atoms with E-state index < -0.39 is 0 Å². The first-order chi connectivity index (χ1) is 14.3. The minimum Gasteiger partial charge on any atom is -0.494 e. The van der Waals surface area contributed by atoms with Crippen molar-refractivity contribution in [2.24, 2.45) is 0 Å². The van der Waals surface area contributed by atoms with Crippen molar-refractivity contribution in [2.75, 3.05) is 6.61 Å². The molecule has 0 fully saturated rings. The van der Waals surface area contributed by atoms with Crippen LogP contribution < -0.4 is 4.74 Å². The van der Waals surface area contributed by atoms with E-state index in [0.717, 1.165) is 22.6 Å². The molecule has 0 unspecified atom stereocenters. The van der Waals surface area contributed by atoms with Crippen LogP contribution in [-0.2, 0) is 17.9 Å². The molecule has 0 N–H and O–H groups in total. The Balaban J connectivity index is 1.35. The van der Waals surface area contributed by atoms with Crippen LogP contribution in [0.2, 0.25) is 0 Å². The summed E-state index contributed by atoms with van der Waals surface area (Å²) in [5, 5.41) is 8.69. The summed E-state index contributed by atoms with van der Waals surface area (Å²) in [4.78, 5) is 8.53. The number of aromatic nitrogens is 5. The van der Waals surface area contributed by atoms with Crippen molar-refractivity contribution in [3.8, 4) is 28.7 Å². The van der Waals surface area contributed by atoms with Crippen LogP contribution in [0.25, 0.3) is 23.0 Å². The van der Waals surface area contributed by atoms with Gasteiger partial charge in [0.1, 0.15) is 11.9 Å². The molecule has 0 bridgehead atoms. The third kappa shape index (κ3) is 3.50. The Hall–Kier alpha value is -3.52. The lowest BCUT2D eigenvalue weighted by atomic mass is 10.1. The zero-order valence-electron chi connectivity index (χ0n) is 15.9. The number of hydrogen-bond donors (Lipinski definition) is 0. The fraction of sp³-hybridized carbons (Fsp3) is 0.238. The summed E-state index contributed by atoms with van der Waals surface area (Å²) in [6.45, 7) is 3.70. The van der Waals surface area contributed by atoms with Gasteiger partial charge in [0.25, 0.3) is 5.89 Å². The molecule has 0 aliphatic carbocycles. The Morgan fingerprint density at radius 3 is 2.90 bits per heavy atom. The average molecular weight is 389 g/mol. The summed E-state index contributed by atoms with van der Waals surface area (Å²) in [5.74, 6) is 1.72. The van der Waals surface area contributed by atoms with Crippen LogP contribution in [-0.4, -0.2) is 31.5 Å². The zero-order valence-corrected chi connectivity index (χ0v) is 15.9. The molecule has 1 aromatic carbocycles. The number of hydrogen-bond acceptors (Lipinski definition) is 7. The first-order valence-corrected chi connectivity index (χ1v) is 9.45. The molecule has 5 rings (SSSR count). The Morgan fingerprint density at radius 2 is 2.10 bits per heavy atom. The molecule has 4 aromatic rings. The monoisotopic (exact) mass is 389 g/mol. The van der Waals surface area contributed by atoms with Gasteiger partial charge in [-0.2, -0.15) is 10.1 Å². The van der Waals surface area contributed by atoms with Crippen molar-refractivity contribution in [3.05, 3.63) is 66.1 Å². The molecule has 0 radical (unpaired) electrons. The molecule has 0 spiro atoms. The van der Waals surface area contributed by atoms with Gasteiger partial charge in [-0.25, -0.2) is 0 Å². The number of fused-ring (bicyclic) bond motifs is 1. The molecule has 146 valence electrons. The molecule has 29 heavy (non-hydrogen) atoms. The van der Waals surface area contributed by atoms with Gasteiger partial charge >= 0.3 is 0 Å². The third-order valence-electron chi connectivity index (χ3n) is 4.76. The number of ether oxygens (including phenoxy) is 2. The average Bonchev–Trinajstić information content (AvgIpc) is 3.42. The van der Waals surface area contributed by atoms with E-state index in [4.69, 9.17) is 14.0 Å². The Morgan fingerprint density at radius 1 is 1.21 bits per heavy atom. The van der Waals surface area contributed by atoms with E-state index in [9.17, 15) is 0 Å². The van der Waals surface area contributed by atoms with Crippen molar-refractivity contribution in [2.45, 2.75) is 26.2 Å². The van der Waals surface area contributed by atoms with E-state index in [1.165, 1.54) is 0 Å². The van der Waals surface area contributed by atoms with Crippen LogP contribution in [0.3, 0.4) is 0 Å². The second kappa shape index (κ2) is 7.48. The first kappa shape index (κ1) is 17.6. The lowest BCUT2D eigenvalue weighted by molar-refractivity contribution is -0.00115. The summed E-state index contributed by atoms with van der Waals surface area (Å²) in [6, 6.07) is 13.6. The Labute approximate surface area is 167 Å². The van der Waals surface area contributed by atoms with Gasteiger partial charge in [0, 0.05) is 18.0 Å². The fourth-order valence-corrected chi connectivity index (χ4v) is 3.32. The molecule has 0 amide bonds. The smallest absolute Gasteiger partial charge is 0.278 e. The molecular formula is C21H19N5O3. The van der Waals surface area contributed by atoms with Gasteiger partial charge in [-0.3, -0.25) is 9.67 Å². The van der Waals surface area contributed by atoms with Crippen LogP contribution >= 0.6 is 0 Å². The second-order valence-electron chi connectivity index (χ2n) is 6.67. The van der Waals surface area contributed by atoms with E-state index in [0.29, 0.717) is 37.2 Å². The van der Waals surface area contributed by atoms with Crippen molar-refractivity contribution in [3.63, 3.8) is 0 Å². The molecule has 0 saturated heterocycles. The van der Waals surface area contributed by atoms with Crippen LogP contribution in [0, 0.1) is 0 Å². The highest BCUT2D eigenvalue weighted by Gasteiger charge is 2.24. The lowest BCUT2D eigenvalue weighted by Crippen LogP contribution is -2.21. The maximum absolute atomic E-state index is 6.04. The van der Waals surface area contributed by atoms with Gasteiger partial charge in [0.15, 0.2) is 5.69 Å². The van der Waals surface area contributed by atoms with E-state index in [-0.39, 0.29) is 6.10 Å². The maximum atomic E-state index is 6.04. The molecular weight excluding hydrogens is 370 g/mol. The zero-order chi connectivity index (χ0) is 19.6. The topological polar surface area (TPSA) is 88.1 Å². The molecule has 1 aliphatic rings. The third-order valence-corrected chi connectivity index (χ3v) is 4.76. The molecule has 3 aromatic heterocycles. The largest absolute Gasteiger partial charge is 0.494 e. The predicted molar refractivity (Wildman–Crippen MR) is 104 cm³/mol. The van der Waals surface area contributed by atoms with Crippen LogP contribution in [0.15, 0.2) is 59.4 Å². The summed E-state index contributed by atoms with van der Waals surface area (Å²) < 4.78 is 18.9. The van der Waals surface area contributed by atoms with Gasteiger partial charge in [0.2, 0.25) is 5.82 Å². The van der Waals surface area contributed by atoms with E-state index in [2.05, 4.69) is 20.2 Å². The highest BCUT2D eigenvalue weighted by atomic mass is 16.5. The number of benzene rings is 1. The summed E-state index contributed by atoms with van der Waals surface area (Å²) in [5.41, 5.74) is 3.50. The molecule has 1 atom stereocenters. The lowest BCUT2D eigenvalue weighted by Gasteiger charge is -2.24. The van der Waals surface area contributed by atoms with Crippen molar-refractivity contribution < 1.29 is 14.0 Å². The minimum absolute atomic E-state index is 0.0698. The molecule has 0 saturated carbocycles. The van der Waals surface area contributed by atoms with Crippen LogP contribution in [0.4, 0.5) is 0 Å². The van der Waals surface area contributed by atoms with E-state index in [1.54, 1.807) is 12.4 Å².